The predicted molar refractivity (Wildman–Crippen MR) is 18.5 cm³/mol. The van der Waals surface area contributed by atoms with Crippen LogP contribution in [0.5, 0.6) is 0 Å². The molecule has 0 atom stereocenters. The van der Waals surface area contributed by atoms with E-state index in [1.807, 2.05) is 0 Å². The molecule has 0 amide bonds. The molecule has 0 radical (unpaired) electrons. The summed E-state index contributed by atoms with van der Waals surface area (Å²) in [7, 11) is -4.37. The molecule has 0 rings (SSSR count). The number of hydrogen-bond donors (Lipinski definition) is 1. The van der Waals surface area contributed by atoms with Crippen molar-refractivity contribution in [3.05, 3.63) is 0 Å². The molecule has 0 bridgehead atoms. The second kappa shape index (κ2) is 3.57. The Morgan fingerprint density at radius 2 is 1.71 bits per heavy atom. The fourth-order valence-corrected chi connectivity index (χ4v) is 0. The normalized spacial score (nSPS) is 9.29. The quantitative estimate of drug-likeness (QED) is 0.171. The van der Waals surface area contributed by atoms with Crippen LogP contribution in [0.3, 0.4) is 0 Å². The first-order valence-electron chi connectivity index (χ1n) is 1.02. The molecule has 6 heteroatoms. The Labute approximate surface area is 63.5 Å². The number of rotatable bonds is 1. The SMILES string of the molecule is N=CS(=O)(=O)[O-].[Na+]. The van der Waals surface area contributed by atoms with Crippen LogP contribution in [-0.2, 0) is 10.1 Å². The summed E-state index contributed by atoms with van der Waals surface area (Å²) < 4.78 is 27.6. The minimum Gasteiger partial charge on any atom is -0.743 e. The Balaban J connectivity index is 0. The predicted octanol–water partition coefficient (Wildman–Crippen LogP) is -3.86. The van der Waals surface area contributed by atoms with Gasteiger partial charge in [0.15, 0.2) is 0 Å². The molecule has 36 valence electrons. The largest absolute Gasteiger partial charge is 1.00 e. The summed E-state index contributed by atoms with van der Waals surface area (Å²) in [4.78, 5) is 0. The van der Waals surface area contributed by atoms with Gasteiger partial charge in [0.1, 0.15) is 10.1 Å². The van der Waals surface area contributed by atoms with E-state index in [-0.39, 0.29) is 35.1 Å². The summed E-state index contributed by atoms with van der Waals surface area (Å²) in [6, 6.07) is 0. The van der Waals surface area contributed by atoms with Crippen molar-refractivity contribution in [1.29, 1.82) is 5.41 Å². The third-order valence-corrected chi connectivity index (χ3v) is 0.433. The summed E-state index contributed by atoms with van der Waals surface area (Å²) in [5, 5.41) is 5.83. The van der Waals surface area contributed by atoms with Gasteiger partial charge in [-0.1, -0.05) is 0 Å². The van der Waals surface area contributed by atoms with Gasteiger partial charge in [-0.3, -0.25) is 5.41 Å². The van der Waals surface area contributed by atoms with Crippen LogP contribution >= 0.6 is 0 Å². The summed E-state index contributed by atoms with van der Waals surface area (Å²) in [5.74, 6) is 0. The van der Waals surface area contributed by atoms with E-state index in [4.69, 9.17) is 5.41 Å². The van der Waals surface area contributed by atoms with Crippen molar-refractivity contribution in [2.24, 2.45) is 0 Å². The Morgan fingerprint density at radius 3 is 1.71 bits per heavy atom. The Morgan fingerprint density at radius 1 is 1.57 bits per heavy atom. The Kier molecular flexibility index (Phi) is 5.37. The molecule has 0 aliphatic rings. The first-order chi connectivity index (χ1) is 2.56. The van der Waals surface area contributed by atoms with Gasteiger partial charge in [-0.15, -0.1) is 0 Å². The summed E-state index contributed by atoms with van der Waals surface area (Å²) >= 11 is 0. The molecule has 7 heavy (non-hydrogen) atoms. The fourth-order valence-electron chi connectivity index (χ4n) is 0. The minimum atomic E-state index is -4.37. The van der Waals surface area contributed by atoms with Crippen molar-refractivity contribution in [1.82, 2.24) is 0 Å². The van der Waals surface area contributed by atoms with Gasteiger partial charge in [0.05, 0.1) is 5.55 Å². The van der Waals surface area contributed by atoms with E-state index in [2.05, 4.69) is 0 Å². The van der Waals surface area contributed by atoms with E-state index in [0.717, 1.165) is 0 Å². The molecular formula is CH2NNaO3S. The van der Waals surface area contributed by atoms with Crippen LogP contribution in [-0.4, -0.2) is 18.5 Å². The smallest absolute Gasteiger partial charge is 0.743 e. The van der Waals surface area contributed by atoms with Gasteiger partial charge in [0.2, 0.25) is 0 Å². The van der Waals surface area contributed by atoms with Crippen molar-refractivity contribution in [3.63, 3.8) is 0 Å². The molecular weight excluding hydrogens is 129 g/mol. The van der Waals surface area contributed by atoms with Crippen LogP contribution in [0.1, 0.15) is 0 Å². The molecule has 0 aliphatic carbocycles. The fraction of sp³-hybridized carbons (Fsp3) is 0. The van der Waals surface area contributed by atoms with Gasteiger partial charge in [0.25, 0.3) is 0 Å². The zero-order valence-corrected chi connectivity index (χ0v) is 6.53. The molecule has 0 unspecified atom stereocenters. The molecule has 0 saturated heterocycles. The van der Waals surface area contributed by atoms with Gasteiger partial charge < -0.3 is 4.55 Å². The van der Waals surface area contributed by atoms with Gasteiger partial charge in [-0.2, -0.15) is 0 Å². The molecule has 4 nitrogen and oxygen atoms in total. The Bertz CT molecular complexity index is 125. The first kappa shape index (κ1) is 10.5. The zero-order chi connectivity index (χ0) is 5.21. The molecule has 0 saturated carbocycles. The maximum Gasteiger partial charge on any atom is 1.00 e. The minimum absolute atomic E-state index is 0. The van der Waals surface area contributed by atoms with Crippen molar-refractivity contribution >= 4 is 15.7 Å². The van der Waals surface area contributed by atoms with Crippen LogP contribution in [0.4, 0.5) is 0 Å². The summed E-state index contributed by atoms with van der Waals surface area (Å²) in [6.45, 7) is 0. The monoisotopic (exact) mass is 131 g/mol. The van der Waals surface area contributed by atoms with E-state index in [0.29, 0.717) is 0 Å². The summed E-state index contributed by atoms with van der Waals surface area (Å²) in [5.41, 5.74) is -0.146. The number of nitrogens with one attached hydrogen (secondary N) is 1. The summed E-state index contributed by atoms with van der Waals surface area (Å²) in [6.07, 6.45) is 0. The van der Waals surface area contributed by atoms with Crippen LogP contribution in [0, 0.1) is 5.41 Å². The Hall–Kier alpha value is 0.580. The molecule has 0 aromatic rings. The van der Waals surface area contributed by atoms with E-state index in [1.165, 1.54) is 0 Å². The van der Waals surface area contributed by atoms with Crippen LogP contribution in [0.15, 0.2) is 0 Å². The topological polar surface area (TPSA) is 81.0 Å². The van der Waals surface area contributed by atoms with E-state index < -0.39 is 10.1 Å². The van der Waals surface area contributed by atoms with Crippen molar-refractivity contribution in [2.75, 3.05) is 0 Å². The number of hydrogen-bond acceptors (Lipinski definition) is 4. The van der Waals surface area contributed by atoms with Crippen molar-refractivity contribution in [2.45, 2.75) is 0 Å². The van der Waals surface area contributed by atoms with E-state index in [1.54, 1.807) is 0 Å². The molecule has 0 fully saturated rings. The third-order valence-electron chi connectivity index (χ3n) is 0.144. The average Bonchev–Trinajstić information content (AvgIpc) is 1.35. The second-order valence-corrected chi connectivity index (χ2v) is 1.83. The van der Waals surface area contributed by atoms with Crippen LogP contribution in [0.25, 0.3) is 0 Å². The van der Waals surface area contributed by atoms with Crippen LogP contribution < -0.4 is 29.6 Å². The average molecular weight is 131 g/mol. The third kappa shape index (κ3) is 10.8. The first-order valence-corrected chi connectivity index (χ1v) is 2.50. The molecule has 0 heterocycles. The molecule has 1 N–H and O–H groups in total. The van der Waals surface area contributed by atoms with E-state index in [9.17, 15) is 13.0 Å². The zero-order valence-electron chi connectivity index (χ0n) is 3.71. The van der Waals surface area contributed by atoms with Gasteiger partial charge in [-0.25, -0.2) is 8.42 Å². The van der Waals surface area contributed by atoms with Crippen molar-refractivity contribution < 1.29 is 42.5 Å². The van der Waals surface area contributed by atoms with Gasteiger partial charge >= 0.3 is 29.6 Å². The van der Waals surface area contributed by atoms with Gasteiger partial charge in [-0.05, 0) is 0 Å². The second-order valence-electron chi connectivity index (χ2n) is 0.611. The standard InChI is InChI=1S/CH3NO3S.Na/c2-1-6(3,4)5;/h1-2H,(H,3,4,5);/q;+1/p-1. The maximum absolute atomic E-state index is 9.20. The van der Waals surface area contributed by atoms with Crippen molar-refractivity contribution in [3.8, 4) is 0 Å². The van der Waals surface area contributed by atoms with Crippen LogP contribution in [0.2, 0.25) is 0 Å². The molecule has 0 aliphatic heterocycles. The maximum atomic E-state index is 9.20. The molecule has 0 aromatic carbocycles. The van der Waals surface area contributed by atoms with Gasteiger partial charge in [0, 0.05) is 0 Å². The van der Waals surface area contributed by atoms with E-state index >= 15 is 0 Å². The molecule has 0 spiro atoms. The molecule has 0 aromatic heterocycles.